The molecule has 0 aromatic rings. The maximum absolute atomic E-state index is 12.7. The van der Waals surface area contributed by atoms with E-state index in [9.17, 15) is 4.79 Å². The second kappa shape index (κ2) is 7.32. The summed E-state index contributed by atoms with van der Waals surface area (Å²) in [6.45, 7) is 5.52. The zero-order valence-electron chi connectivity index (χ0n) is 13.5. The molecule has 3 aliphatic rings. The molecule has 3 aliphatic heterocycles. The molecule has 1 amide bonds. The summed E-state index contributed by atoms with van der Waals surface area (Å²) in [4.78, 5) is 14.9. The smallest absolute Gasteiger partial charge is 0.223 e. The summed E-state index contributed by atoms with van der Waals surface area (Å²) in [7, 11) is 0. The molecule has 4 atom stereocenters. The lowest BCUT2D eigenvalue weighted by atomic mass is 9.89. The van der Waals surface area contributed by atoms with Gasteiger partial charge in [0.25, 0.3) is 0 Å². The van der Waals surface area contributed by atoms with E-state index in [1.54, 1.807) is 0 Å². The first-order chi connectivity index (χ1) is 9.61. The fourth-order valence-electron chi connectivity index (χ4n) is 4.58. The topological polar surface area (TPSA) is 32.3 Å². The number of likely N-dealkylation sites (tertiary alicyclic amines) is 1. The van der Waals surface area contributed by atoms with E-state index in [4.69, 9.17) is 0 Å². The Kier molecular flexibility index (Phi) is 5.96. The second-order valence-corrected chi connectivity index (χ2v) is 7.61. The Morgan fingerprint density at radius 2 is 1.76 bits per heavy atom. The number of halogens is 1. The number of carbonyl (C=O) groups excluding carboxylic acids is 1. The van der Waals surface area contributed by atoms with E-state index >= 15 is 0 Å². The molecule has 4 unspecified atom stereocenters. The molecule has 3 heterocycles. The van der Waals surface area contributed by atoms with Gasteiger partial charge >= 0.3 is 0 Å². The lowest BCUT2D eigenvalue weighted by Crippen LogP contribution is -2.43. The molecule has 0 spiro atoms. The fraction of sp³-hybridized carbons (Fsp3) is 0.941. The molecule has 2 bridgehead atoms. The second-order valence-electron chi connectivity index (χ2n) is 7.61. The van der Waals surface area contributed by atoms with Crippen LogP contribution in [0.3, 0.4) is 0 Å². The van der Waals surface area contributed by atoms with Crippen molar-refractivity contribution < 1.29 is 4.79 Å². The Morgan fingerprint density at radius 3 is 2.43 bits per heavy atom. The molecule has 0 aromatic heterocycles. The van der Waals surface area contributed by atoms with Gasteiger partial charge in [-0.25, -0.2) is 0 Å². The third-order valence-corrected chi connectivity index (χ3v) is 5.71. The van der Waals surface area contributed by atoms with E-state index in [-0.39, 0.29) is 12.4 Å². The van der Waals surface area contributed by atoms with E-state index in [2.05, 4.69) is 24.1 Å². The molecule has 0 radical (unpaired) electrons. The van der Waals surface area contributed by atoms with Crippen molar-refractivity contribution in [2.45, 2.75) is 83.3 Å². The van der Waals surface area contributed by atoms with Crippen LogP contribution in [0, 0.1) is 11.8 Å². The molecule has 1 N–H and O–H groups in total. The first kappa shape index (κ1) is 17.1. The largest absolute Gasteiger partial charge is 0.340 e. The molecule has 3 saturated heterocycles. The Hall–Kier alpha value is -0.280. The third kappa shape index (κ3) is 4.13. The molecule has 3 rings (SSSR count). The molecule has 3 fully saturated rings. The summed E-state index contributed by atoms with van der Waals surface area (Å²) < 4.78 is 0. The van der Waals surface area contributed by atoms with Gasteiger partial charge in [-0.15, -0.1) is 12.4 Å². The van der Waals surface area contributed by atoms with Gasteiger partial charge in [0.15, 0.2) is 0 Å². The predicted octanol–water partition coefficient (Wildman–Crippen LogP) is 3.37. The van der Waals surface area contributed by atoms with Crippen LogP contribution >= 0.6 is 12.4 Å². The number of rotatable bonds is 2. The maximum atomic E-state index is 12.7. The summed E-state index contributed by atoms with van der Waals surface area (Å²) in [5.74, 6) is 1.73. The van der Waals surface area contributed by atoms with Crippen molar-refractivity contribution in [2.24, 2.45) is 11.8 Å². The van der Waals surface area contributed by atoms with Crippen LogP contribution in [0.25, 0.3) is 0 Å². The lowest BCUT2D eigenvalue weighted by Gasteiger charge is -2.33. The lowest BCUT2D eigenvalue weighted by molar-refractivity contribution is -0.134. The number of carbonyl (C=O) groups is 1. The summed E-state index contributed by atoms with van der Waals surface area (Å²) in [5.41, 5.74) is 0. The van der Waals surface area contributed by atoms with Gasteiger partial charge in [0.2, 0.25) is 5.91 Å². The van der Waals surface area contributed by atoms with Gasteiger partial charge in [0.1, 0.15) is 0 Å². The van der Waals surface area contributed by atoms with Crippen LogP contribution in [-0.4, -0.2) is 35.5 Å². The minimum absolute atomic E-state index is 0. The SMILES string of the molecule is CC1CCCC(C)N(C(=O)CC2CC3CCC(C2)N3)C1.Cl. The van der Waals surface area contributed by atoms with Gasteiger partial charge in [0.05, 0.1) is 0 Å². The van der Waals surface area contributed by atoms with Gasteiger partial charge in [-0.3, -0.25) is 4.79 Å². The van der Waals surface area contributed by atoms with Gasteiger partial charge < -0.3 is 10.2 Å². The molecular weight excluding hydrogens is 284 g/mol. The summed E-state index contributed by atoms with van der Waals surface area (Å²) in [6, 6.07) is 1.85. The first-order valence-electron chi connectivity index (χ1n) is 8.67. The zero-order chi connectivity index (χ0) is 14.1. The van der Waals surface area contributed by atoms with Crippen LogP contribution in [-0.2, 0) is 4.79 Å². The van der Waals surface area contributed by atoms with E-state index in [0.717, 1.165) is 13.0 Å². The average molecular weight is 315 g/mol. The van der Waals surface area contributed by atoms with E-state index in [0.29, 0.717) is 35.9 Å². The van der Waals surface area contributed by atoms with E-state index < -0.39 is 0 Å². The highest BCUT2D eigenvalue weighted by Crippen LogP contribution is 2.33. The van der Waals surface area contributed by atoms with Crippen molar-refractivity contribution >= 4 is 18.3 Å². The highest BCUT2D eigenvalue weighted by atomic mass is 35.5. The number of hydrogen-bond donors (Lipinski definition) is 1. The number of fused-ring (bicyclic) bond motifs is 2. The molecular formula is C17H31ClN2O. The Bertz CT molecular complexity index is 351. The number of piperidine rings is 1. The van der Waals surface area contributed by atoms with Crippen molar-refractivity contribution in [3.63, 3.8) is 0 Å². The maximum Gasteiger partial charge on any atom is 0.223 e. The summed E-state index contributed by atoms with van der Waals surface area (Å²) in [5, 5.41) is 3.67. The predicted molar refractivity (Wildman–Crippen MR) is 88.7 cm³/mol. The average Bonchev–Trinajstić information content (AvgIpc) is 2.64. The number of amides is 1. The Balaban J connectivity index is 0.00000161. The normalized spacial score (nSPS) is 39.5. The highest BCUT2D eigenvalue weighted by molar-refractivity contribution is 5.85. The van der Waals surface area contributed by atoms with Crippen LogP contribution in [0.15, 0.2) is 0 Å². The van der Waals surface area contributed by atoms with Crippen molar-refractivity contribution in [3.8, 4) is 0 Å². The molecule has 0 saturated carbocycles. The molecule has 0 aliphatic carbocycles. The van der Waals surface area contributed by atoms with E-state index in [1.165, 1.54) is 44.9 Å². The van der Waals surface area contributed by atoms with Crippen LogP contribution in [0.1, 0.15) is 65.2 Å². The quantitative estimate of drug-likeness (QED) is 0.847. The zero-order valence-corrected chi connectivity index (χ0v) is 14.3. The van der Waals surface area contributed by atoms with Crippen molar-refractivity contribution in [1.82, 2.24) is 10.2 Å². The molecule has 122 valence electrons. The van der Waals surface area contributed by atoms with Crippen LogP contribution in [0.4, 0.5) is 0 Å². The number of nitrogens with zero attached hydrogens (tertiary/aromatic N) is 1. The van der Waals surface area contributed by atoms with Gasteiger partial charge in [-0.2, -0.15) is 0 Å². The fourth-order valence-corrected chi connectivity index (χ4v) is 4.58. The van der Waals surface area contributed by atoms with Crippen molar-refractivity contribution in [3.05, 3.63) is 0 Å². The Labute approximate surface area is 135 Å². The van der Waals surface area contributed by atoms with Crippen LogP contribution in [0.5, 0.6) is 0 Å². The van der Waals surface area contributed by atoms with E-state index in [1.807, 2.05) is 0 Å². The minimum Gasteiger partial charge on any atom is -0.340 e. The summed E-state index contributed by atoms with van der Waals surface area (Å²) in [6.07, 6.45) is 9.65. The summed E-state index contributed by atoms with van der Waals surface area (Å²) >= 11 is 0. The molecule has 21 heavy (non-hydrogen) atoms. The molecule has 3 nitrogen and oxygen atoms in total. The molecule has 4 heteroatoms. The number of hydrogen-bond acceptors (Lipinski definition) is 2. The monoisotopic (exact) mass is 314 g/mol. The van der Waals surface area contributed by atoms with Crippen LogP contribution in [0.2, 0.25) is 0 Å². The molecule has 0 aromatic carbocycles. The number of nitrogens with one attached hydrogen (secondary N) is 1. The van der Waals surface area contributed by atoms with Gasteiger partial charge in [-0.05, 0) is 57.3 Å². The third-order valence-electron chi connectivity index (χ3n) is 5.71. The first-order valence-corrected chi connectivity index (χ1v) is 8.67. The Morgan fingerprint density at radius 1 is 1.10 bits per heavy atom. The van der Waals surface area contributed by atoms with Crippen molar-refractivity contribution in [1.29, 1.82) is 0 Å². The van der Waals surface area contributed by atoms with Gasteiger partial charge in [0, 0.05) is 31.1 Å². The van der Waals surface area contributed by atoms with Crippen molar-refractivity contribution in [2.75, 3.05) is 6.54 Å². The standard InChI is InChI=1S/C17H30N2O.ClH/c1-12-4-3-5-13(2)19(11-12)17(20)10-14-8-15-6-7-16(9-14)18-15;/h12-16,18H,3-11H2,1-2H3;1H. The van der Waals surface area contributed by atoms with Gasteiger partial charge in [-0.1, -0.05) is 13.3 Å². The highest BCUT2D eigenvalue weighted by Gasteiger charge is 2.35. The minimum atomic E-state index is 0. The van der Waals surface area contributed by atoms with Crippen LogP contribution < -0.4 is 5.32 Å².